The lowest BCUT2D eigenvalue weighted by molar-refractivity contribution is -0.142. The van der Waals surface area contributed by atoms with Crippen LogP contribution in [0.5, 0.6) is 0 Å². The third kappa shape index (κ3) is 9.12. The number of tetrazole rings is 1. The van der Waals surface area contributed by atoms with Gasteiger partial charge in [0, 0.05) is 26.1 Å². The fourth-order valence-corrected chi connectivity index (χ4v) is 3.42. The second-order valence-corrected chi connectivity index (χ2v) is 8.53. The Bertz CT molecular complexity index is 997. The maximum absolute atomic E-state index is 12.8. The minimum atomic E-state index is -1.41. The Morgan fingerprint density at radius 2 is 1.97 bits per heavy atom. The lowest BCUT2D eigenvalue weighted by Crippen LogP contribution is -2.54. The van der Waals surface area contributed by atoms with Crippen molar-refractivity contribution < 1.29 is 29.4 Å². The molecule has 3 amide bonds. The van der Waals surface area contributed by atoms with Crippen molar-refractivity contribution in [2.45, 2.75) is 56.8 Å². The van der Waals surface area contributed by atoms with Crippen LogP contribution in [0.2, 0.25) is 0 Å². The van der Waals surface area contributed by atoms with Crippen molar-refractivity contribution in [1.82, 2.24) is 41.5 Å². The van der Waals surface area contributed by atoms with Crippen LogP contribution >= 0.6 is 0 Å². The van der Waals surface area contributed by atoms with E-state index < -0.39 is 47.9 Å². The number of aliphatic carboxylic acids is 1. The molecule has 0 radical (unpaired) electrons. The number of aromatic nitrogens is 4. The summed E-state index contributed by atoms with van der Waals surface area (Å²) in [7, 11) is 0. The second-order valence-electron chi connectivity index (χ2n) is 8.53. The van der Waals surface area contributed by atoms with E-state index in [1.54, 1.807) is 4.90 Å². The molecule has 0 aromatic carbocycles. The molecule has 0 aliphatic carbocycles. The molecule has 0 saturated carbocycles. The number of hydrogen-bond donors (Lipinski definition) is 9. The van der Waals surface area contributed by atoms with E-state index in [0.717, 1.165) is 5.57 Å². The van der Waals surface area contributed by atoms with E-state index in [4.69, 9.17) is 16.9 Å². The summed E-state index contributed by atoms with van der Waals surface area (Å²) >= 11 is 0. The zero-order valence-corrected chi connectivity index (χ0v) is 20.3. The molecule has 2 heterocycles. The first-order chi connectivity index (χ1) is 17.5. The number of carbonyl (C=O) groups excluding carboxylic acids is 3. The number of rotatable bonds is 14. The monoisotopic (exact) mass is 523 g/mol. The van der Waals surface area contributed by atoms with Gasteiger partial charge in [-0.1, -0.05) is 11.6 Å². The molecule has 1 aromatic rings. The van der Waals surface area contributed by atoms with Crippen LogP contribution in [0, 0.1) is 5.41 Å². The average Bonchev–Trinajstić information content (AvgIpc) is 3.53. The smallest absolute Gasteiger partial charge is 0.334 e. The van der Waals surface area contributed by atoms with Crippen LogP contribution in [0.25, 0.3) is 0 Å². The summed E-state index contributed by atoms with van der Waals surface area (Å²) < 4.78 is 0. The number of carbonyl (C=O) groups is 4. The maximum atomic E-state index is 12.8. The summed E-state index contributed by atoms with van der Waals surface area (Å²) in [6, 6.07) is -3.61. The number of guanidine groups is 1. The molecule has 17 nitrogen and oxygen atoms in total. The highest BCUT2D eigenvalue weighted by molar-refractivity contribution is 5.90. The average molecular weight is 524 g/mol. The Labute approximate surface area is 211 Å². The Hall–Kier alpha value is -4.12. The van der Waals surface area contributed by atoms with Gasteiger partial charge in [-0.15, -0.1) is 5.10 Å². The predicted octanol–water partition coefficient (Wildman–Crippen LogP) is -3.55. The van der Waals surface area contributed by atoms with Gasteiger partial charge in [-0.25, -0.2) is 9.89 Å². The Morgan fingerprint density at radius 3 is 2.54 bits per heavy atom. The van der Waals surface area contributed by atoms with Gasteiger partial charge in [-0.3, -0.25) is 19.8 Å². The highest BCUT2D eigenvalue weighted by atomic mass is 16.4. The number of aliphatic hydroxyl groups is 1. The van der Waals surface area contributed by atoms with E-state index >= 15 is 0 Å². The van der Waals surface area contributed by atoms with E-state index in [2.05, 4.69) is 36.6 Å². The van der Waals surface area contributed by atoms with Crippen LogP contribution in [0.3, 0.4) is 0 Å². The summed E-state index contributed by atoms with van der Waals surface area (Å²) in [5.74, 6) is -3.25. The fraction of sp³-hybridized carbons (Fsp3) is 0.600. The van der Waals surface area contributed by atoms with Gasteiger partial charge in [0.25, 0.3) is 0 Å². The van der Waals surface area contributed by atoms with Crippen molar-refractivity contribution in [3.63, 3.8) is 0 Å². The number of nitrogens with zero attached hydrogens (tertiary/aromatic N) is 4. The van der Waals surface area contributed by atoms with Gasteiger partial charge in [-0.05, 0) is 36.6 Å². The van der Waals surface area contributed by atoms with E-state index in [1.165, 1.54) is 6.92 Å². The number of hydrogen-bond acceptors (Lipinski definition) is 10. The van der Waals surface area contributed by atoms with Gasteiger partial charge < -0.3 is 42.5 Å². The van der Waals surface area contributed by atoms with Crippen LogP contribution in [0.4, 0.5) is 0 Å². The molecule has 4 atom stereocenters. The molecule has 0 saturated heterocycles. The number of H-pyrrole nitrogens is 1. The topological polar surface area (TPSA) is 278 Å². The van der Waals surface area contributed by atoms with Crippen molar-refractivity contribution in [3.05, 3.63) is 17.5 Å². The third-order valence-electron chi connectivity index (χ3n) is 5.57. The van der Waals surface area contributed by atoms with Crippen LogP contribution in [0.15, 0.2) is 11.6 Å². The first-order valence-corrected chi connectivity index (χ1v) is 11.5. The van der Waals surface area contributed by atoms with Gasteiger partial charge in [0.15, 0.2) is 17.8 Å². The molecule has 37 heavy (non-hydrogen) atoms. The van der Waals surface area contributed by atoms with Crippen molar-refractivity contribution in [3.8, 4) is 0 Å². The summed E-state index contributed by atoms with van der Waals surface area (Å²) in [6.45, 7) is 2.31. The number of nitrogens with one attached hydrogen (secondary N) is 5. The molecule has 17 heteroatoms. The molecular formula is C20H33N11O6. The van der Waals surface area contributed by atoms with Crippen molar-refractivity contribution in [2.75, 3.05) is 19.6 Å². The van der Waals surface area contributed by atoms with Gasteiger partial charge in [0.1, 0.15) is 12.1 Å². The number of nitrogens with two attached hydrogens (primary N) is 2. The van der Waals surface area contributed by atoms with Crippen molar-refractivity contribution >= 4 is 29.7 Å². The van der Waals surface area contributed by atoms with Gasteiger partial charge in [-0.2, -0.15) is 0 Å². The van der Waals surface area contributed by atoms with Crippen LogP contribution in [-0.4, -0.2) is 103 Å². The highest BCUT2D eigenvalue weighted by Crippen LogP contribution is 2.15. The minimum Gasteiger partial charge on any atom is -0.479 e. The molecule has 204 valence electrons. The maximum Gasteiger partial charge on any atom is 0.334 e. The fourth-order valence-electron chi connectivity index (χ4n) is 3.42. The quantitative estimate of drug-likeness (QED) is 0.0496. The number of aliphatic hydroxyl groups excluding tert-OH is 1. The standard InChI is InChI=1S/C20H33N11O6/c1-10(32)14(21)18(35)25-12(8-11-5-7-31(9-11)20(22)23)17(34)24-6-3-2-4-13(33)26-15(19(36)37)16-27-29-30-28-16/h5,10,12,14-15,32H,2-4,6-9,21H2,1H3,(H3,22,23)(H,24,34)(H,25,35)(H,26,33)(H,36,37)(H,27,28,29,30). The molecule has 11 N–H and O–H groups in total. The minimum absolute atomic E-state index is 0.00160. The Balaban J connectivity index is 1.84. The third-order valence-corrected chi connectivity index (χ3v) is 5.57. The first-order valence-electron chi connectivity index (χ1n) is 11.5. The second kappa shape index (κ2) is 13.8. The van der Waals surface area contributed by atoms with Crippen molar-refractivity contribution in [1.29, 1.82) is 5.41 Å². The van der Waals surface area contributed by atoms with Gasteiger partial charge >= 0.3 is 5.97 Å². The lowest BCUT2D eigenvalue weighted by atomic mass is 10.0. The van der Waals surface area contributed by atoms with Crippen LogP contribution in [0.1, 0.15) is 44.5 Å². The summed E-state index contributed by atoms with van der Waals surface area (Å²) in [6.07, 6.45) is 1.60. The molecule has 2 rings (SSSR count). The molecule has 1 aromatic heterocycles. The molecule has 0 fully saturated rings. The van der Waals surface area contributed by atoms with Crippen LogP contribution < -0.4 is 27.4 Å². The summed E-state index contributed by atoms with van der Waals surface area (Å²) in [5, 5.41) is 46.3. The SMILES string of the molecule is CC(O)C(N)C(=O)NC(CC1=CCN(C(=N)N)C1)C(=O)NCCCCC(=O)NC(C(=O)O)c1nnn[nH]1. The number of unbranched alkanes of at least 4 members (excludes halogenated alkanes) is 1. The molecule has 1 aliphatic rings. The van der Waals surface area contributed by atoms with E-state index in [-0.39, 0.29) is 31.2 Å². The summed E-state index contributed by atoms with van der Waals surface area (Å²) in [4.78, 5) is 50.2. The van der Waals surface area contributed by atoms with E-state index in [0.29, 0.717) is 25.9 Å². The first kappa shape index (κ1) is 29.1. The predicted molar refractivity (Wildman–Crippen MR) is 127 cm³/mol. The van der Waals surface area contributed by atoms with E-state index in [9.17, 15) is 29.4 Å². The molecule has 0 spiro atoms. The Kier molecular flexibility index (Phi) is 10.9. The van der Waals surface area contributed by atoms with Crippen molar-refractivity contribution in [2.24, 2.45) is 11.5 Å². The zero-order valence-electron chi connectivity index (χ0n) is 20.3. The molecular weight excluding hydrogens is 490 g/mol. The molecule has 1 aliphatic heterocycles. The number of aromatic amines is 1. The van der Waals surface area contributed by atoms with Gasteiger partial charge in [0.2, 0.25) is 17.7 Å². The number of amides is 3. The van der Waals surface area contributed by atoms with E-state index in [1.807, 2.05) is 6.08 Å². The Morgan fingerprint density at radius 1 is 1.24 bits per heavy atom. The molecule has 4 unspecified atom stereocenters. The normalized spacial score (nSPS) is 16.2. The largest absolute Gasteiger partial charge is 0.479 e. The van der Waals surface area contributed by atoms with Crippen LogP contribution in [-0.2, 0) is 19.2 Å². The number of carboxylic acids is 1. The summed E-state index contributed by atoms with van der Waals surface area (Å²) in [5.41, 5.74) is 12.0. The number of carboxylic acid groups (broad SMARTS) is 1. The van der Waals surface area contributed by atoms with Gasteiger partial charge in [0.05, 0.1) is 6.10 Å². The molecule has 0 bridgehead atoms. The zero-order chi connectivity index (χ0) is 27.5. The highest BCUT2D eigenvalue weighted by Gasteiger charge is 2.28. The lowest BCUT2D eigenvalue weighted by Gasteiger charge is -2.23.